The highest BCUT2D eigenvalue weighted by molar-refractivity contribution is 7.17. The van der Waals surface area contributed by atoms with Crippen LogP contribution in [0.15, 0.2) is 41.2 Å². The standard InChI is InChI=1S/C19H18FN5O3S/c1-11-17(18(28)24(2)3)29-19(21-11)22-15(26)10-25-16(27)9-8-14(23-25)12-4-6-13(20)7-5-12/h4-9H,10H2,1-3H3,(H,21,22,26). The Labute approximate surface area is 169 Å². The number of halogens is 1. The molecule has 1 aromatic carbocycles. The monoisotopic (exact) mass is 415 g/mol. The fraction of sp³-hybridized carbons (Fsp3) is 0.211. The fourth-order valence-electron chi connectivity index (χ4n) is 2.48. The Balaban J connectivity index is 1.76. The molecule has 150 valence electrons. The summed E-state index contributed by atoms with van der Waals surface area (Å²) in [5, 5.41) is 7.02. The molecule has 0 radical (unpaired) electrons. The number of benzene rings is 1. The van der Waals surface area contributed by atoms with E-state index in [9.17, 15) is 18.8 Å². The maximum atomic E-state index is 13.1. The van der Waals surface area contributed by atoms with Crippen molar-refractivity contribution in [2.45, 2.75) is 13.5 Å². The number of nitrogens with zero attached hydrogens (tertiary/aromatic N) is 4. The minimum atomic E-state index is -0.506. The summed E-state index contributed by atoms with van der Waals surface area (Å²) in [7, 11) is 3.26. The number of aromatic nitrogens is 3. The molecule has 0 fully saturated rings. The van der Waals surface area contributed by atoms with Crippen LogP contribution in [0.25, 0.3) is 11.3 Å². The molecule has 2 heterocycles. The number of nitrogens with one attached hydrogen (secondary N) is 1. The first-order chi connectivity index (χ1) is 13.7. The summed E-state index contributed by atoms with van der Waals surface area (Å²) in [5.41, 5.74) is 1.10. The molecular formula is C19H18FN5O3S. The van der Waals surface area contributed by atoms with Crippen molar-refractivity contribution < 1.29 is 14.0 Å². The molecule has 0 saturated heterocycles. The normalized spacial score (nSPS) is 10.6. The van der Waals surface area contributed by atoms with Crippen molar-refractivity contribution in [3.63, 3.8) is 0 Å². The van der Waals surface area contributed by atoms with Crippen LogP contribution in [0.1, 0.15) is 15.4 Å². The molecule has 0 spiro atoms. The summed E-state index contributed by atoms with van der Waals surface area (Å²) < 4.78 is 14.1. The highest BCUT2D eigenvalue weighted by atomic mass is 32.1. The van der Waals surface area contributed by atoms with E-state index >= 15 is 0 Å². The molecule has 0 bridgehead atoms. The van der Waals surface area contributed by atoms with Gasteiger partial charge in [0.15, 0.2) is 5.13 Å². The van der Waals surface area contributed by atoms with Crippen molar-refractivity contribution in [2.24, 2.45) is 0 Å². The van der Waals surface area contributed by atoms with Crippen molar-refractivity contribution in [2.75, 3.05) is 19.4 Å². The second kappa shape index (κ2) is 8.31. The Morgan fingerprint density at radius 1 is 1.17 bits per heavy atom. The Bertz CT molecular complexity index is 1120. The van der Waals surface area contributed by atoms with Crippen LogP contribution in [0.4, 0.5) is 9.52 Å². The number of thiazole rings is 1. The van der Waals surface area contributed by atoms with Crippen LogP contribution < -0.4 is 10.9 Å². The van der Waals surface area contributed by atoms with E-state index in [0.717, 1.165) is 16.0 Å². The van der Waals surface area contributed by atoms with Gasteiger partial charge in [-0.1, -0.05) is 11.3 Å². The predicted molar refractivity (Wildman–Crippen MR) is 107 cm³/mol. The molecule has 0 aliphatic rings. The molecule has 0 aliphatic carbocycles. The van der Waals surface area contributed by atoms with Crippen molar-refractivity contribution in [3.8, 4) is 11.3 Å². The topological polar surface area (TPSA) is 97.2 Å². The molecule has 0 atom stereocenters. The predicted octanol–water partition coefficient (Wildman–Crippen LogP) is 2.15. The van der Waals surface area contributed by atoms with E-state index < -0.39 is 11.5 Å². The van der Waals surface area contributed by atoms with Gasteiger partial charge in [-0.2, -0.15) is 5.10 Å². The SMILES string of the molecule is Cc1nc(NC(=O)Cn2nc(-c3ccc(F)cc3)ccc2=O)sc1C(=O)N(C)C. The lowest BCUT2D eigenvalue weighted by molar-refractivity contribution is -0.117. The highest BCUT2D eigenvalue weighted by Crippen LogP contribution is 2.23. The summed E-state index contributed by atoms with van der Waals surface area (Å²) in [6.07, 6.45) is 0. The van der Waals surface area contributed by atoms with E-state index in [1.165, 1.54) is 41.3 Å². The number of anilines is 1. The van der Waals surface area contributed by atoms with Crippen LogP contribution >= 0.6 is 11.3 Å². The molecule has 8 nitrogen and oxygen atoms in total. The molecular weight excluding hydrogens is 397 g/mol. The van der Waals surface area contributed by atoms with Gasteiger partial charge in [-0.05, 0) is 37.3 Å². The summed E-state index contributed by atoms with van der Waals surface area (Å²) >= 11 is 1.06. The molecule has 0 unspecified atom stereocenters. The highest BCUT2D eigenvalue weighted by Gasteiger charge is 2.18. The van der Waals surface area contributed by atoms with Crippen LogP contribution in [0.2, 0.25) is 0 Å². The van der Waals surface area contributed by atoms with Gasteiger partial charge in [-0.25, -0.2) is 14.1 Å². The van der Waals surface area contributed by atoms with Gasteiger partial charge in [0, 0.05) is 25.7 Å². The zero-order valence-corrected chi connectivity index (χ0v) is 16.8. The first kappa shape index (κ1) is 20.3. The van der Waals surface area contributed by atoms with Gasteiger partial charge in [0.1, 0.15) is 17.2 Å². The van der Waals surface area contributed by atoms with Crippen LogP contribution in [0.3, 0.4) is 0 Å². The lowest BCUT2D eigenvalue weighted by Gasteiger charge is -2.08. The fourth-order valence-corrected chi connectivity index (χ4v) is 3.49. The number of carbonyl (C=O) groups excluding carboxylic acids is 2. The first-order valence-electron chi connectivity index (χ1n) is 8.57. The van der Waals surface area contributed by atoms with E-state index in [-0.39, 0.29) is 23.4 Å². The Morgan fingerprint density at radius 3 is 2.52 bits per heavy atom. The molecule has 0 aliphatic heterocycles. The lowest BCUT2D eigenvalue weighted by Crippen LogP contribution is -2.29. The van der Waals surface area contributed by atoms with E-state index in [2.05, 4.69) is 15.4 Å². The van der Waals surface area contributed by atoms with E-state index in [1.807, 2.05) is 0 Å². The maximum Gasteiger partial charge on any atom is 0.267 e. The minimum absolute atomic E-state index is 0.203. The van der Waals surface area contributed by atoms with Gasteiger partial charge in [0.05, 0.1) is 11.4 Å². The zero-order chi connectivity index (χ0) is 21.1. The van der Waals surface area contributed by atoms with Crippen molar-refractivity contribution >= 4 is 28.3 Å². The van der Waals surface area contributed by atoms with Gasteiger partial charge in [-0.15, -0.1) is 0 Å². The average molecular weight is 415 g/mol. The van der Waals surface area contributed by atoms with E-state index in [0.29, 0.717) is 21.8 Å². The largest absolute Gasteiger partial charge is 0.344 e. The van der Waals surface area contributed by atoms with Gasteiger partial charge in [-0.3, -0.25) is 14.4 Å². The average Bonchev–Trinajstić information content (AvgIpc) is 3.03. The molecule has 3 aromatic rings. The number of carbonyl (C=O) groups is 2. The molecule has 3 rings (SSSR count). The summed E-state index contributed by atoms with van der Waals surface area (Å²) in [6, 6.07) is 8.45. The molecule has 2 aromatic heterocycles. The van der Waals surface area contributed by atoms with Crippen LogP contribution in [-0.4, -0.2) is 45.6 Å². The van der Waals surface area contributed by atoms with E-state index in [4.69, 9.17) is 0 Å². The van der Waals surface area contributed by atoms with Crippen molar-refractivity contribution in [1.29, 1.82) is 0 Å². The van der Waals surface area contributed by atoms with Gasteiger partial charge in [0.2, 0.25) is 5.91 Å². The number of hydrogen-bond acceptors (Lipinski definition) is 6. The quantitative estimate of drug-likeness (QED) is 0.689. The lowest BCUT2D eigenvalue weighted by atomic mass is 10.1. The van der Waals surface area contributed by atoms with Crippen molar-refractivity contribution in [1.82, 2.24) is 19.7 Å². The minimum Gasteiger partial charge on any atom is -0.344 e. The Hall–Kier alpha value is -3.40. The Morgan fingerprint density at radius 2 is 1.86 bits per heavy atom. The third-order valence-electron chi connectivity index (χ3n) is 3.94. The molecule has 10 heteroatoms. The van der Waals surface area contributed by atoms with Gasteiger partial charge < -0.3 is 10.2 Å². The summed E-state index contributed by atoms with van der Waals surface area (Å²) in [5.74, 6) is -1.09. The molecule has 2 amide bonds. The number of aryl methyl sites for hydroxylation is 1. The second-order valence-electron chi connectivity index (χ2n) is 6.40. The maximum absolute atomic E-state index is 13.1. The van der Waals surface area contributed by atoms with Gasteiger partial charge >= 0.3 is 0 Å². The number of rotatable bonds is 5. The van der Waals surface area contributed by atoms with Crippen LogP contribution in [0, 0.1) is 12.7 Å². The van der Waals surface area contributed by atoms with Crippen LogP contribution in [0.5, 0.6) is 0 Å². The third kappa shape index (κ3) is 4.72. The molecule has 1 N–H and O–H groups in total. The number of amides is 2. The first-order valence-corrected chi connectivity index (χ1v) is 9.39. The smallest absolute Gasteiger partial charge is 0.267 e. The second-order valence-corrected chi connectivity index (χ2v) is 7.40. The van der Waals surface area contributed by atoms with E-state index in [1.54, 1.807) is 21.0 Å². The summed E-state index contributed by atoms with van der Waals surface area (Å²) in [4.78, 5) is 42.6. The summed E-state index contributed by atoms with van der Waals surface area (Å²) in [6.45, 7) is 1.35. The number of hydrogen-bond donors (Lipinski definition) is 1. The van der Waals surface area contributed by atoms with Crippen LogP contribution in [-0.2, 0) is 11.3 Å². The third-order valence-corrected chi connectivity index (χ3v) is 5.00. The van der Waals surface area contributed by atoms with Crippen molar-refractivity contribution in [3.05, 3.63) is 63.1 Å². The van der Waals surface area contributed by atoms with Gasteiger partial charge in [0.25, 0.3) is 11.5 Å². The molecule has 29 heavy (non-hydrogen) atoms. The molecule has 0 saturated carbocycles. The Kier molecular flexibility index (Phi) is 5.83. The zero-order valence-electron chi connectivity index (χ0n) is 16.0.